The van der Waals surface area contributed by atoms with E-state index in [0.29, 0.717) is 26.3 Å². The molecule has 5 atom stereocenters. The summed E-state index contributed by atoms with van der Waals surface area (Å²) in [4.78, 5) is 40.8. The minimum Gasteiger partial charge on any atom is -0.486 e. The lowest BCUT2D eigenvalue weighted by Crippen LogP contribution is -2.57. The van der Waals surface area contributed by atoms with Gasteiger partial charge in [0.15, 0.2) is 12.2 Å². The van der Waals surface area contributed by atoms with Gasteiger partial charge in [0, 0.05) is 35.5 Å². The highest BCUT2D eigenvalue weighted by atomic mass is 79.9. The first kappa shape index (κ1) is 29.5. The number of nitriles is 1. The minimum atomic E-state index is -1.12. The second-order valence-electron chi connectivity index (χ2n) is 8.45. The van der Waals surface area contributed by atoms with Crippen LogP contribution in [-0.4, -0.2) is 73.3 Å². The monoisotopic (exact) mass is 651 g/mol. The summed E-state index contributed by atoms with van der Waals surface area (Å²) in [7, 11) is 0. The lowest BCUT2D eigenvalue weighted by Gasteiger charge is -2.44. The van der Waals surface area contributed by atoms with Gasteiger partial charge in [0.05, 0.1) is 11.8 Å². The normalized spacial score (nSPS) is 22.2. The summed E-state index contributed by atoms with van der Waals surface area (Å²) in [5.41, 5.74) is 0.188. The molecule has 210 valence electrons. The number of hydrogen-bond acceptors (Lipinski definition) is 14. The van der Waals surface area contributed by atoms with Gasteiger partial charge in [0.2, 0.25) is 0 Å². The van der Waals surface area contributed by atoms with Crippen LogP contribution in [0.3, 0.4) is 0 Å². The fourth-order valence-electron chi connectivity index (χ4n) is 3.99. The van der Waals surface area contributed by atoms with E-state index in [1.165, 1.54) is 43.4 Å². The van der Waals surface area contributed by atoms with E-state index in [0.717, 1.165) is 11.3 Å². The molecule has 3 aromatic rings. The molecule has 0 radical (unpaired) electrons. The highest BCUT2D eigenvalue weighted by Crippen LogP contribution is 2.42. The highest BCUT2D eigenvalue weighted by Gasteiger charge is 2.52. The third-order valence-corrected chi connectivity index (χ3v) is 7.99. The van der Waals surface area contributed by atoms with Gasteiger partial charge < -0.3 is 24.1 Å². The molecule has 2 aromatic heterocycles. The Morgan fingerprint density at radius 2 is 1.90 bits per heavy atom. The van der Waals surface area contributed by atoms with Crippen molar-refractivity contribution in [2.24, 2.45) is 0 Å². The molecule has 0 aliphatic carbocycles. The summed E-state index contributed by atoms with van der Waals surface area (Å²) in [5, 5.41) is 28.7. The van der Waals surface area contributed by atoms with E-state index in [9.17, 15) is 24.8 Å². The molecule has 1 N–H and O–H groups in total. The summed E-state index contributed by atoms with van der Waals surface area (Å²) in [6.07, 6.45) is -1.67. The molecule has 1 fully saturated rings. The molecule has 1 aliphatic rings. The average Bonchev–Trinajstić information content (AvgIpc) is 3.53. The predicted molar refractivity (Wildman–Crippen MR) is 143 cm³/mol. The van der Waals surface area contributed by atoms with E-state index in [-0.39, 0.29) is 11.8 Å². The summed E-state index contributed by atoms with van der Waals surface area (Å²) in [6.45, 7) is 3.40. The molecule has 0 saturated carbocycles. The molecule has 0 amide bonds. The van der Waals surface area contributed by atoms with E-state index >= 15 is 0 Å². The van der Waals surface area contributed by atoms with Crippen molar-refractivity contribution in [2.45, 2.75) is 55.5 Å². The Morgan fingerprint density at radius 1 is 1.18 bits per heavy atom. The van der Waals surface area contributed by atoms with Crippen molar-refractivity contribution >= 4 is 56.9 Å². The molecule has 16 heteroatoms. The van der Waals surface area contributed by atoms with Crippen molar-refractivity contribution in [3.05, 3.63) is 39.8 Å². The molecule has 0 bridgehead atoms. The number of thioether (sulfide) groups is 1. The fourth-order valence-corrected chi connectivity index (χ4v) is 6.30. The number of hydrogen-bond donors (Lipinski definition) is 1. The molecule has 3 heterocycles. The molecule has 40 heavy (non-hydrogen) atoms. The maximum atomic E-state index is 12.3. The van der Waals surface area contributed by atoms with E-state index < -0.39 is 47.7 Å². The van der Waals surface area contributed by atoms with Crippen LogP contribution in [0.5, 0.6) is 5.19 Å². The highest BCUT2D eigenvalue weighted by molar-refractivity contribution is 9.10. The van der Waals surface area contributed by atoms with Gasteiger partial charge in [0.1, 0.15) is 41.6 Å². The van der Waals surface area contributed by atoms with E-state index in [1.54, 1.807) is 23.6 Å². The van der Waals surface area contributed by atoms with Gasteiger partial charge in [-0.25, -0.2) is 9.67 Å². The van der Waals surface area contributed by atoms with Gasteiger partial charge in [0.25, 0.3) is 5.19 Å². The van der Waals surface area contributed by atoms with Crippen molar-refractivity contribution in [1.29, 1.82) is 5.26 Å². The Morgan fingerprint density at radius 3 is 2.50 bits per heavy atom. The number of thiazole rings is 1. The Labute approximate surface area is 244 Å². The van der Waals surface area contributed by atoms with E-state index in [4.69, 9.17) is 18.9 Å². The number of rotatable bonds is 8. The van der Waals surface area contributed by atoms with Crippen LogP contribution in [-0.2, 0) is 33.3 Å². The van der Waals surface area contributed by atoms with Crippen molar-refractivity contribution < 1.29 is 38.4 Å². The number of halogens is 1. The second-order valence-corrected chi connectivity index (χ2v) is 11.3. The first-order valence-corrected chi connectivity index (χ1v) is 14.2. The van der Waals surface area contributed by atoms with E-state index in [1.807, 2.05) is 0 Å². The van der Waals surface area contributed by atoms with Crippen molar-refractivity contribution in [1.82, 2.24) is 20.0 Å². The number of ether oxygens (including phenoxy) is 4. The van der Waals surface area contributed by atoms with Gasteiger partial charge in [-0.1, -0.05) is 28.3 Å². The minimum absolute atomic E-state index is 0.155. The average molecular weight is 653 g/mol. The standard InChI is InChI=1S/C24H22BrN5O8S2/c1-11(31)35-9-19-21(36-12(2)32)20(30-8-17(28-29-30)18-10-39-24(34)27-18)22(37-13(3)33)23(38-19)40-15-5-4-14(7-26)16(25)6-15/h4-6,8,10,19-23H,9H2,1-3H3,(H,27,34)/t19-,20+,21+,22-,23-/m1/s1. The number of esters is 3. The number of carbonyl (C=O) groups is 3. The summed E-state index contributed by atoms with van der Waals surface area (Å²) < 4.78 is 24.8. The van der Waals surface area contributed by atoms with Crippen molar-refractivity contribution in [3.63, 3.8) is 0 Å². The van der Waals surface area contributed by atoms with Crippen LogP contribution >= 0.6 is 39.0 Å². The molecular weight excluding hydrogens is 630 g/mol. The molecule has 0 spiro atoms. The SMILES string of the molecule is CC(=O)OC[C@H]1O[C@H](Sc2ccc(C#N)c(Br)c2)[C@H](OC(C)=O)[C@@H](n2cc(-c3csc(O)n3)nn2)[C@H]1OC(C)=O. The number of nitrogens with zero attached hydrogens (tertiary/aromatic N) is 5. The molecular formula is C24H22BrN5O8S2. The number of carbonyl (C=O) groups excluding carboxylic acids is 3. The smallest absolute Gasteiger partial charge is 0.303 e. The van der Waals surface area contributed by atoms with Crippen LogP contribution < -0.4 is 0 Å². The first-order chi connectivity index (χ1) is 19.0. The lowest BCUT2D eigenvalue weighted by molar-refractivity contribution is -0.212. The largest absolute Gasteiger partial charge is 0.486 e. The second kappa shape index (κ2) is 12.8. The van der Waals surface area contributed by atoms with Crippen LogP contribution in [0, 0.1) is 11.3 Å². The Balaban J connectivity index is 1.79. The molecule has 1 aliphatic heterocycles. The Kier molecular flexibility index (Phi) is 9.40. The van der Waals surface area contributed by atoms with Gasteiger partial charge in [-0.15, -0.1) is 5.10 Å². The summed E-state index contributed by atoms with van der Waals surface area (Å²) in [5.74, 6) is -1.86. The van der Waals surface area contributed by atoms with Crippen molar-refractivity contribution in [2.75, 3.05) is 6.61 Å². The van der Waals surface area contributed by atoms with Crippen LogP contribution in [0.1, 0.15) is 32.4 Å². The molecule has 1 aromatic carbocycles. The molecule has 0 unspecified atom stereocenters. The Hall–Kier alpha value is -3.52. The zero-order valence-corrected chi connectivity index (χ0v) is 24.4. The van der Waals surface area contributed by atoms with Gasteiger partial charge in [-0.2, -0.15) is 5.26 Å². The Bertz CT molecular complexity index is 1460. The predicted octanol–water partition coefficient (Wildman–Crippen LogP) is 3.23. The van der Waals surface area contributed by atoms with Crippen LogP contribution in [0.25, 0.3) is 11.4 Å². The van der Waals surface area contributed by atoms with Crippen LogP contribution in [0.2, 0.25) is 0 Å². The van der Waals surface area contributed by atoms with Gasteiger partial charge >= 0.3 is 17.9 Å². The van der Waals surface area contributed by atoms with Crippen LogP contribution in [0.4, 0.5) is 0 Å². The molecule has 13 nitrogen and oxygen atoms in total. The zero-order chi connectivity index (χ0) is 29.0. The van der Waals surface area contributed by atoms with Gasteiger partial charge in [-0.3, -0.25) is 14.4 Å². The molecule has 1 saturated heterocycles. The van der Waals surface area contributed by atoms with E-state index in [2.05, 4.69) is 37.3 Å². The maximum absolute atomic E-state index is 12.3. The number of aromatic hydroxyl groups is 1. The van der Waals surface area contributed by atoms with Crippen molar-refractivity contribution in [3.8, 4) is 22.7 Å². The summed E-state index contributed by atoms with van der Waals surface area (Å²) >= 11 is 5.57. The lowest BCUT2D eigenvalue weighted by atomic mass is 9.96. The number of benzene rings is 1. The van der Waals surface area contributed by atoms with Crippen LogP contribution in [0.15, 0.2) is 39.1 Å². The fraction of sp³-hybridized carbons (Fsp3) is 0.375. The first-order valence-electron chi connectivity index (χ1n) is 11.6. The van der Waals surface area contributed by atoms with Gasteiger partial charge in [-0.05, 0) is 34.1 Å². The third kappa shape index (κ3) is 6.97. The maximum Gasteiger partial charge on any atom is 0.303 e. The zero-order valence-electron chi connectivity index (χ0n) is 21.2. The summed E-state index contributed by atoms with van der Waals surface area (Å²) in [6, 6.07) is 6.14. The topological polar surface area (TPSA) is 176 Å². The molecule has 4 rings (SSSR count). The quantitative estimate of drug-likeness (QED) is 0.278. The third-order valence-electron chi connectivity index (χ3n) is 5.56. The number of aromatic nitrogens is 4.